The van der Waals surface area contributed by atoms with E-state index in [1.165, 1.54) is 11.8 Å². The lowest BCUT2D eigenvalue weighted by molar-refractivity contribution is -0.144. The fraction of sp³-hybridized carbons (Fsp3) is 0.176. The standard InChI is InChI=1S/C17H16ClNO3S/c1-12-6-8-13(9-7-12)19-16(20)10-22-17(21)11-23-15-5-3-2-4-14(15)18/h2-9H,10-11H2,1H3,(H,19,20). The molecule has 1 amide bonds. The number of ether oxygens (including phenoxy) is 1. The van der Waals surface area contributed by atoms with Gasteiger partial charge in [-0.05, 0) is 31.2 Å². The molecule has 0 saturated carbocycles. The largest absolute Gasteiger partial charge is 0.455 e. The highest BCUT2D eigenvalue weighted by Crippen LogP contribution is 2.26. The van der Waals surface area contributed by atoms with Crippen LogP contribution in [-0.4, -0.2) is 24.2 Å². The van der Waals surface area contributed by atoms with Crippen molar-refractivity contribution in [2.24, 2.45) is 0 Å². The number of hydrogen-bond donors (Lipinski definition) is 1. The number of benzene rings is 2. The van der Waals surface area contributed by atoms with E-state index in [1.54, 1.807) is 18.2 Å². The van der Waals surface area contributed by atoms with E-state index in [1.807, 2.05) is 37.3 Å². The van der Waals surface area contributed by atoms with Crippen molar-refractivity contribution in [1.29, 1.82) is 0 Å². The lowest BCUT2D eigenvalue weighted by Gasteiger charge is -2.07. The molecule has 120 valence electrons. The van der Waals surface area contributed by atoms with Crippen molar-refractivity contribution in [3.63, 3.8) is 0 Å². The summed E-state index contributed by atoms with van der Waals surface area (Å²) in [5.41, 5.74) is 1.77. The molecule has 6 heteroatoms. The highest BCUT2D eigenvalue weighted by atomic mass is 35.5. The monoisotopic (exact) mass is 349 g/mol. The Hall–Kier alpha value is -1.98. The fourth-order valence-electron chi connectivity index (χ4n) is 1.72. The second-order valence-corrected chi connectivity index (χ2v) is 6.22. The van der Waals surface area contributed by atoms with Crippen molar-refractivity contribution < 1.29 is 14.3 Å². The van der Waals surface area contributed by atoms with Gasteiger partial charge in [0.05, 0.1) is 10.8 Å². The molecule has 0 saturated heterocycles. The molecule has 0 bridgehead atoms. The van der Waals surface area contributed by atoms with Gasteiger partial charge in [-0.1, -0.05) is 41.4 Å². The molecule has 4 nitrogen and oxygen atoms in total. The number of anilines is 1. The van der Waals surface area contributed by atoms with Gasteiger partial charge in [-0.2, -0.15) is 0 Å². The van der Waals surface area contributed by atoms with Gasteiger partial charge in [0.2, 0.25) is 0 Å². The van der Waals surface area contributed by atoms with E-state index in [2.05, 4.69) is 5.32 Å². The Bertz CT molecular complexity index is 688. The third-order valence-electron chi connectivity index (χ3n) is 2.88. The first-order chi connectivity index (χ1) is 11.0. The Morgan fingerprint density at radius 3 is 2.52 bits per heavy atom. The number of esters is 1. The van der Waals surface area contributed by atoms with Crippen LogP contribution in [0.1, 0.15) is 5.56 Å². The molecule has 0 aromatic heterocycles. The maximum Gasteiger partial charge on any atom is 0.316 e. The van der Waals surface area contributed by atoms with E-state index >= 15 is 0 Å². The van der Waals surface area contributed by atoms with Crippen molar-refractivity contribution in [3.05, 3.63) is 59.1 Å². The molecule has 2 aromatic rings. The maximum atomic E-state index is 11.7. The minimum absolute atomic E-state index is 0.0988. The molecule has 0 radical (unpaired) electrons. The zero-order valence-corrected chi connectivity index (χ0v) is 14.1. The zero-order valence-electron chi connectivity index (χ0n) is 12.5. The molecular weight excluding hydrogens is 334 g/mol. The van der Waals surface area contributed by atoms with Crippen LogP contribution in [0.25, 0.3) is 0 Å². The SMILES string of the molecule is Cc1ccc(NC(=O)COC(=O)CSc2ccccc2Cl)cc1. The Balaban J connectivity index is 1.72. The van der Waals surface area contributed by atoms with Crippen LogP contribution in [0.2, 0.25) is 5.02 Å². The highest BCUT2D eigenvalue weighted by molar-refractivity contribution is 8.00. The Morgan fingerprint density at radius 1 is 1.13 bits per heavy atom. The summed E-state index contributed by atoms with van der Waals surface area (Å²) < 4.78 is 4.95. The van der Waals surface area contributed by atoms with E-state index in [0.29, 0.717) is 10.7 Å². The van der Waals surface area contributed by atoms with Crippen LogP contribution >= 0.6 is 23.4 Å². The van der Waals surface area contributed by atoms with Crippen LogP contribution in [0.15, 0.2) is 53.4 Å². The van der Waals surface area contributed by atoms with E-state index in [0.717, 1.165) is 10.5 Å². The minimum atomic E-state index is -0.464. The van der Waals surface area contributed by atoms with Crippen molar-refractivity contribution >= 4 is 40.9 Å². The average Bonchev–Trinajstić information content (AvgIpc) is 2.54. The molecule has 23 heavy (non-hydrogen) atoms. The summed E-state index contributed by atoms with van der Waals surface area (Å²) in [6.45, 7) is 1.65. The molecule has 1 N–H and O–H groups in total. The van der Waals surface area contributed by atoms with Crippen molar-refractivity contribution in [2.75, 3.05) is 17.7 Å². The molecule has 0 aliphatic rings. The molecule has 0 atom stereocenters. The second kappa shape index (κ2) is 8.60. The lowest BCUT2D eigenvalue weighted by Crippen LogP contribution is -2.21. The predicted octanol–water partition coefficient (Wildman–Crippen LogP) is 3.92. The van der Waals surface area contributed by atoms with Gasteiger partial charge >= 0.3 is 5.97 Å². The summed E-state index contributed by atoms with van der Waals surface area (Å²) in [5.74, 6) is -0.736. The molecule has 0 fully saturated rings. The summed E-state index contributed by atoms with van der Waals surface area (Å²) in [6, 6.07) is 14.6. The summed E-state index contributed by atoms with van der Waals surface area (Å²) in [7, 11) is 0. The number of nitrogens with one attached hydrogen (secondary N) is 1. The van der Waals surface area contributed by atoms with Crippen LogP contribution in [0, 0.1) is 6.92 Å². The number of aryl methyl sites for hydroxylation is 1. The van der Waals surface area contributed by atoms with Gasteiger partial charge in [0.1, 0.15) is 0 Å². The van der Waals surface area contributed by atoms with Crippen LogP contribution in [0.3, 0.4) is 0 Å². The van der Waals surface area contributed by atoms with Crippen molar-refractivity contribution in [3.8, 4) is 0 Å². The Kier molecular flexibility index (Phi) is 6.50. The molecule has 0 heterocycles. The molecule has 0 unspecified atom stereocenters. The summed E-state index contributed by atoms with van der Waals surface area (Å²) in [5, 5.41) is 3.25. The summed E-state index contributed by atoms with van der Waals surface area (Å²) >= 11 is 7.27. The van der Waals surface area contributed by atoms with E-state index in [-0.39, 0.29) is 18.3 Å². The van der Waals surface area contributed by atoms with E-state index in [4.69, 9.17) is 16.3 Å². The molecule has 0 aliphatic heterocycles. The van der Waals surface area contributed by atoms with Crippen LogP contribution in [-0.2, 0) is 14.3 Å². The number of rotatable bonds is 6. The molecule has 2 aromatic carbocycles. The number of thioether (sulfide) groups is 1. The second-order valence-electron chi connectivity index (χ2n) is 4.79. The molecule has 0 spiro atoms. The van der Waals surface area contributed by atoms with E-state index in [9.17, 15) is 9.59 Å². The molecule has 0 aliphatic carbocycles. The number of halogens is 1. The normalized spacial score (nSPS) is 10.2. The lowest BCUT2D eigenvalue weighted by atomic mass is 10.2. The van der Waals surface area contributed by atoms with Gasteiger partial charge < -0.3 is 10.1 Å². The smallest absolute Gasteiger partial charge is 0.316 e. The Morgan fingerprint density at radius 2 is 1.83 bits per heavy atom. The molecule has 2 rings (SSSR count). The van der Waals surface area contributed by atoms with Crippen molar-refractivity contribution in [2.45, 2.75) is 11.8 Å². The van der Waals surface area contributed by atoms with Gasteiger partial charge in [0.25, 0.3) is 5.91 Å². The first-order valence-corrected chi connectivity index (χ1v) is 8.30. The van der Waals surface area contributed by atoms with Gasteiger partial charge in [0.15, 0.2) is 6.61 Å². The predicted molar refractivity (Wildman–Crippen MR) is 92.9 cm³/mol. The van der Waals surface area contributed by atoms with Gasteiger partial charge in [-0.3, -0.25) is 9.59 Å². The third-order valence-corrected chi connectivity index (χ3v) is 4.37. The summed E-state index contributed by atoms with van der Waals surface area (Å²) in [6.07, 6.45) is 0. The average molecular weight is 350 g/mol. The number of carbonyl (C=O) groups excluding carboxylic acids is 2. The fourth-order valence-corrected chi connectivity index (χ4v) is 2.76. The topological polar surface area (TPSA) is 55.4 Å². The van der Waals surface area contributed by atoms with Crippen molar-refractivity contribution in [1.82, 2.24) is 0 Å². The maximum absolute atomic E-state index is 11.7. The molecular formula is C17H16ClNO3S. The minimum Gasteiger partial charge on any atom is -0.455 e. The number of hydrogen-bond acceptors (Lipinski definition) is 4. The first kappa shape index (κ1) is 17.4. The first-order valence-electron chi connectivity index (χ1n) is 6.94. The quantitative estimate of drug-likeness (QED) is 0.634. The zero-order chi connectivity index (χ0) is 16.7. The highest BCUT2D eigenvalue weighted by Gasteiger charge is 2.09. The van der Waals surface area contributed by atoms with Gasteiger partial charge in [-0.15, -0.1) is 11.8 Å². The summed E-state index contributed by atoms with van der Waals surface area (Å²) in [4.78, 5) is 24.2. The van der Waals surface area contributed by atoms with Gasteiger partial charge in [0, 0.05) is 10.6 Å². The van der Waals surface area contributed by atoms with Crippen LogP contribution in [0.4, 0.5) is 5.69 Å². The Labute approximate surface area is 144 Å². The number of carbonyl (C=O) groups is 2. The van der Waals surface area contributed by atoms with Crippen LogP contribution in [0.5, 0.6) is 0 Å². The van der Waals surface area contributed by atoms with E-state index < -0.39 is 5.97 Å². The number of amides is 1. The third kappa shape index (κ3) is 5.96. The van der Waals surface area contributed by atoms with Gasteiger partial charge in [-0.25, -0.2) is 0 Å². The van der Waals surface area contributed by atoms with Crippen LogP contribution < -0.4 is 5.32 Å².